The molecule has 4 unspecified atom stereocenters. The molecule has 0 spiro atoms. The molecule has 0 amide bonds. The molecule has 0 nitrogen and oxygen atoms in total. The molecule has 0 aromatic rings. The Morgan fingerprint density at radius 3 is 1.50 bits per heavy atom. The topological polar surface area (TPSA) is 0 Å². The fourth-order valence-corrected chi connectivity index (χ4v) is 1.99. The highest BCUT2D eigenvalue weighted by molar-refractivity contribution is 4.97. The molecule has 0 heterocycles. The van der Waals surface area contributed by atoms with E-state index in [1.807, 2.05) is 0 Å². The summed E-state index contributed by atoms with van der Waals surface area (Å²) >= 11 is 0. The molecular formula is C14H28. The summed E-state index contributed by atoms with van der Waals surface area (Å²) in [6.07, 6.45) is 0. The van der Waals surface area contributed by atoms with E-state index in [0.717, 1.165) is 23.7 Å². The Hall–Kier alpha value is -0.260. The van der Waals surface area contributed by atoms with Gasteiger partial charge in [-0.25, -0.2) is 0 Å². The highest BCUT2D eigenvalue weighted by atomic mass is 14.3. The summed E-state index contributed by atoms with van der Waals surface area (Å²) in [7, 11) is 0. The van der Waals surface area contributed by atoms with Crippen LogP contribution in [0.3, 0.4) is 0 Å². The normalized spacial score (nSPS) is 20.3. The molecule has 0 aliphatic heterocycles. The summed E-state index contributed by atoms with van der Waals surface area (Å²) in [5.41, 5.74) is 1.32. The Bertz CT molecular complexity index is 178. The van der Waals surface area contributed by atoms with E-state index in [-0.39, 0.29) is 0 Å². The van der Waals surface area contributed by atoms with Crippen LogP contribution in [-0.4, -0.2) is 0 Å². The van der Waals surface area contributed by atoms with E-state index in [9.17, 15) is 0 Å². The Balaban J connectivity index is 4.37. The second kappa shape index (κ2) is 5.58. The van der Waals surface area contributed by atoms with Gasteiger partial charge in [0, 0.05) is 0 Å². The van der Waals surface area contributed by atoms with Crippen LogP contribution in [0.15, 0.2) is 12.2 Å². The fourth-order valence-electron chi connectivity index (χ4n) is 1.99. The predicted molar refractivity (Wildman–Crippen MR) is 66.3 cm³/mol. The zero-order valence-corrected chi connectivity index (χ0v) is 11.1. The van der Waals surface area contributed by atoms with Crippen molar-refractivity contribution in [3.8, 4) is 0 Å². The van der Waals surface area contributed by atoms with E-state index in [4.69, 9.17) is 0 Å². The number of rotatable bonds is 5. The molecule has 0 fully saturated rings. The van der Waals surface area contributed by atoms with E-state index in [1.165, 1.54) is 5.57 Å². The van der Waals surface area contributed by atoms with Crippen LogP contribution in [0.4, 0.5) is 0 Å². The number of hydrogen-bond donors (Lipinski definition) is 0. The third-order valence-electron chi connectivity index (χ3n) is 4.28. The average Bonchev–Trinajstić information content (AvgIpc) is 2.12. The molecular weight excluding hydrogens is 168 g/mol. The molecule has 0 saturated heterocycles. The van der Waals surface area contributed by atoms with Crippen LogP contribution >= 0.6 is 0 Å². The van der Waals surface area contributed by atoms with Gasteiger partial charge in [-0.3, -0.25) is 0 Å². The van der Waals surface area contributed by atoms with E-state index in [2.05, 4.69) is 55.0 Å². The maximum Gasteiger partial charge on any atom is -0.0209 e. The van der Waals surface area contributed by atoms with Crippen molar-refractivity contribution in [1.29, 1.82) is 0 Å². The smallest absolute Gasteiger partial charge is 0.0209 e. The van der Waals surface area contributed by atoms with Gasteiger partial charge in [0.2, 0.25) is 0 Å². The van der Waals surface area contributed by atoms with Crippen LogP contribution in [-0.2, 0) is 0 Å². The van der Waals surface area contributed by atoms with Gasteiger partial charge in [-0.1, -0.05) is 53.7 Å². The van der Waals surface area contributed by atoms with E-state index in [0.29, 0.717) is 5.92 Å². The molecule has 0 aromatic heterocycles. The van der Waals surface area contributed by atoms with Crippen molar-refractivity contribution in [2.24, 2.45) is 29.6 Å². The lowest BCUT2D eigenvalue weighted by atomic mass is 9.73. The highest BCUT2D eigenvalue weighted by Crippen LogP contribution is 2.33. The standard InChI is InChI=1S/C14H28/c1-9(2)11(5)13(7)14(8)12(6)10(3)4/h10-14H,1H2,2-8H3. The van der Waals surface area contributed by atoms with Crippen molar-refractivity contribution in [3.63, 3.8) is 0 Å². The third-order valence-corrected chi connectivity index (χ3v) is 4.28. The van der Waals surface area contributed by atoms with Crippen LogP contribution < -0.4 is 0 Å². The lowest BCUT2D eigenvalue weighted by Crippen LogP contribution is -2.25. The Kier molecular flexibility index (Phi) is 5.48. The molecule has 0 aliphatic rings. The monoisotopic (exact) mass is 196 g/mol. The van der Waals surface area contributed by atoms with Crippen molar-refractivity contribution in [1.82, 2.24) is 0 Å². The average molecular weight is 196 g/mol. The van der Waals surface area contributed by atoms with Gasteiger partial charge in [0.1, 0.15) is 0 Å². The van der Waals surface area contributed by atoms with Crippen LogP contribution in [0.2, 0.25) is 0 Å². The minimum absolute atomic E-state index is 0.645. The van der Waals surface area contributed by atoms with E-state index >= 15 is 0 Å². The van der Waals surface area contributed by atoms with Crippen molar-refractivity contribution < 1.29 is 0 Å². The summed E-state index contributed by atoms with van der Waals surface area (Å²) in [6, 6.07) is 0. The number of hydrogen-bond acceptors (Lipinski definition) is 0. The minimum atomic E-state index is 0.645. The third kappa shape index (κ3) is 3.48. The molecule has 0 radical (unpaired) electrons. The van der Waals surface area contributed by atoms with Crippen molar-refractivity contribution in [3.05, 3.63) is 12.2 Å². The molecule has 0 aliphatic carbocycles. The van der Waals surface area contributed by atoms with Crippen molar-refractivity contribution in [2.75, 3.05) is 0 Å². The molecule has 4 atom stereocenters. The summed E-state index contributed by atoms with van der Waals surface area (Å²) in [6.45, 7) is 20.3. The lowest BCUT2D eigenvalue weighted by molar-refractivity contribution is 0.190. The SMILES string of the molecule is C=C(C)C(C)C(C)C(C)C(C)C(C)C. The summed E-state index contributed by atoms with van der Waals surface area (Å²) in [5.74, 6) is 3.74. The maximum atomic E-state index is 4.06. The Morgan fingerprint density at radius 2 is 1.21 bits per heavy atom. The molecule has 0 rings (SSSR count). The second-order valence-corrected chi connectivity index (χ2v) is 5.46. The Labute approximate surface area is 90.8 Å². The highest BCUT2D eigenvalue weighted by Gasteiger charge is 2.25. The van der Waals surface area contributed by atoms with Gasteiger partial charge in [-0.2, -0.15) is 0 Å². The first kappa shape index (κ1) is 13.7. The van der Waals surface area contributed by atoms with E-state index in [1.54, 1.807) is 0 Å². The zero-order chi connectivity index (χ0) is 11.5. The van der Waals surface area contributed by atoms with E-state index < -0.39 is 0 Å². The van der Waals surface area contributed by atoms with Crippen LogP contribution in [0.25, 0.3) is 0 Å². The first-order chi connectivity index (χ1) is 6.29. The first-order valence-corrected chi connectivity index (χ1v) is 5.94. The van der Waals surface area contributed by atoms with Crippen LogP contribution in [0.1, 0.15) is 48.5 Å². The summed E-state index contributed by atoms with van der Waals surface area (Å²) < 4.78 is 0. The van der Waals surface area contributed by atoms with Gasteiger partial charge in [-0.05, 0) is 36.5 Å². The first-order valence-electron chi connectivity index (χ1n) is 5.94. The summed E-state index contributed by atoms with van der Waals surface area (Å²) in [4.78, 5) is 0. The van der Waals surface area contributed by atoms with Crippen LogP contribution in [0.5, 0.6) is 0 Å². The molecule has 0 saturated carbocycles. The maximum absolute atomic E-state index is 4.06. The van der Waals surface area contributed by atoms with Gasteiger partial charge in [0.05, 0.1) is 0 Å². The van der Waals surface area contributed by atoms with Gasteiger partial charge in [0.25, 0.3) is 0 Å². The van der Waals surface area contributed by atoms with Crippen molar-refractivity contribution >= 4 is 0 Å². The number of allylic oxidation sites excluding steroid dienone is 1. The minimum Gasteiger partial charge on any atom is -0.0999 e. The van der Waals surface area contributed by atoms with Gasteiger partial charge in [-0.15, -0.1) is 0 Å². The van der Waals surface area contributed by atoms with Gasteiger partial charge >= 0.3 is 0 Å². The second-order valence-electron chi connectivity index (χ2n) is 5.46. The zero-order valence-electron chi connectivity index (χ0n) is 11.1. The molecule has 0 heteroatoms. The van der Waals surface area contributed by atoms with Gasteiger partial charge in [0.15, 0.2) is 0 Å². The van der Waals surface area contributed by atoms with Gasteiger partial charge < -0.3 is 0 Å². The molecule has 0 N–H and O–H groups in total. The lowest BCUT2D eigenvalue weighted by Gasteiger charge is -2.33. The Morgan fingerprint density at radius 1 is 0.786 bits per heavy atom. The molecule has 14 heavy (non-hydrogen) atoms. The largest absolute Gasteiger partial charge is 0.0999 e. The molecule has 0 aromatic carbocycles. The predicted octanol–water partition coefficient (Wildman–Crippen LogP) is 4.76. The van der Waals surface area contributed by atoms with Crippen LogP contribution in [0, 0.1) is 29.6 Å². The molecule has 0 bridgehead atoms. The fraction of sp³-hybridized carbons (Fsp3) is 0.857. The molecule has 84 valence electrons. The summed E-state index contributed by atoms with van der Waals surface area (Å²) in [5, 5.41) is 0. The van der Waals surface area contributed by atoms with Crippen molar-refractivity contribution in [2.45, 2.75) is 48.5 Å². The quantitative estimate of drug-likeness (QED) is 0.556.